The van der Waals surface area contributed by atoms with Gasteiger partial charge < -0.3 is 5.73 Å². The van der Waals surface area contributed by atoms with E-state index in [0.717, 1.165) is 10.6 Å². The minimum atomic E-state index is -0.868. The first-order valence-electron chi connectivity index (χ1n) is 5.56. The number of nitrogens with two attached hydrogens (primary N) is 1. The maximum Gasteiger partial charge on any atom is 0.206 e. The topological polar surface area (TPSA) is 43.8 Å². The highest BCUT2D eigenvalue weighted by molar-refractivity contribution is 6.30. The fraction of sp³-hybridized carbons (Fsp3) is 0. The van der Waals surface area contributed by atoms with E-state index in [1.54, 1.807) is 0 Å². The normalized spacial score (nSPS) is 11.2. The van der Waals surface area contributed by atoms with Crippen molar-refractivity contribution in [3.8, 4) is 5.69 Å². The Hall–Kier alpha value is -2.21. The minimum Gasteiger partial charge on any atom is -0.369 e. The van der Waals surface area contributed by atoms with Crippen LogP contribution in [-0.4, -0.2) is 9.55 Å². The van der Waals surface area contributed by atoms with Gasteiger partial charge in [0.2, 0.25) is 5.95 Å². The summed E-state index contributed by atoms with van der Waals surface area (Å²) >= 11 is 5.70. The number of anilines is 1. The molecule has 102 valence electrons. The van der Waals surface area contributed by atoms with E-state index in [1.807, 2.05) is 0 Å². The van der Waals surface area contributed by atoms with Crippen LogP contribution in [-0.2, 0) is 0 Å². The number of fused-ring (bicyclic) bond motifs is 1. The lowest BCUT2D eigenvalue weighted by atomic mass is 10.2. The highest BCUT2D eigenvalue weighted by Gasteiger charge is 2.18. The molecule has 0 aliphatic carbocycles. The molecule has 0 fully saturated rings. The molecule has 0 bridgehead atoms. The van der Waals surface area contributed by atoms with E-state index in [-0.39, 0.29) is 27.7 Å². The van der Waals surface area contributed by atoms with Crippen LogP contribution >= 0.6 is 11.6 Å². The van der Waals surface area contributed by atoms with E-state index in [1.165, 1.54) is 18.2 Å². The van der Waals surface area contributed by atoms with E-state index >= 15 is 0 Å². The standard InChI is InChI=1S/C13H7ClF3N3/c14-7-2-1-3-9(11(7)17)20-10-5-6(15)4-8(16)12(10)19-13(20)18/h1-5H,(H2,18,19). The summed E-state index contributed by atoms with van der Waals surface area (Å²) in [6.07, 6.45) is 0. The molecule has 0 radical (unpaired) electrons. The van der Waals surface area contributed by atoms with Crippen molar-refractivity contribution in [3.63, 3.8) is 0 Å². The third kappa shape index (κ3) is 1.80. The molecule has 3 nitrogen and oxygen atoms in total. The van der Waals surface area contributed by atoms with E-state index in [9.17, 15) is 13.2 Å². The molecule has 0 amide bonds. The van der Waals surface area contributed by atoms with Crippen LogP contribution in [0.4, 0.5) is 19.1 Å². The van der Waals surface area contributed by atoms with Gasteiger partial charge in [-0.15, -0.1) is 0 Å². The van der Waals surface area contributed by atoms with E-state index in [4.69, 9.17) is 17.3 Å². The molecule has 2 N–H and O–H groups in total. The quantitative estimate of drug-likeness (QED) is 0.744. The predicted molar refractivity (Wildman–Crippen MR) is 70.4 cm³/mol. The Kier molecular flexibility index (Phi) is 2.83. The number of halogens is 4. The van der Waals surface area contributed by atoms with Gasteiger partial charge >= 0.3 is 0 Å². The van der Waals surface area contributed by atoms with Crippen molar-refractivity contribution in [1.82, 2.24) is 9.55 Å². The average molecular weight is 298 g/mol. The Morgan fingerprint density at radius 1 is 1.15 bits per heavy atom. The molecule has 3 rings (SSSR count). The molecular weight excluding hydrogens is 291 g/mol. The van der Waals surface area contributed by atoms with Crippen LogP contribution < -0.4 is 5.73 Å². The monoisotopic (exact) mass is 297 g/mol. The van der Waals surface area contributed by atoms with Gasteiger partial charge in [0.1, 0.15) is 11.3 Å². The first-order chi connectivity index (χ1) is 9.49. The molecule has 0 saturated carbocycles. The number of rotatable bonds is 1. The van der Waals surface area contributed by atoms with Gasteiger partial charge in [-0.2, -0.15) is 0 Å². The lowest BCUT2D eigenvalue weighted by Gasteiger charge is -2.08. The summed E-state index contributed by atoms with van der Waals surface area (Å²) in [5, 5.41) is -0.124. The van der Waals surface area contributed by atoms with Gasteiger partial charge in [0.25, 0.3) is 0 Å². The Morgan fingerprint density at radius 3 is 2.65 bits per heavy atom. The number of imidazole rings is 1. The van der Waals surface area contributed by atoms with Crippen molar-refractivity contribution in [2.75, 3.05) is 5.73 Å². The van der Waals surface area contributed by atoms with Gasteiger partial charge in [-0.25, -0.2) is 18.2 Å². The van der Waals surface area contributed by atoms with Crippen LogP contribution in [0.25, 0.3) is 16.7 Å². The molecular formula is C13H7ClF3N3. The third-order valence-corrected chi connectivity index (χ3v) is 3.17. The van der Waals surface area contributed by atoms with Crippen molar-refractivity contribution in [2.45, 2.75) is 0 Å². The van der Waals surface area contributed by atoms with Gasteiger partial charge in [-0.05, 0) is 12.1 Å². The average Bonchev–Trinajstić information content (AvgIpc) is 2.70. The van der Waals surface area contributed by atoms with Gasteiger partial charge in [-0.1, -0.05) is 17.7 Å². The van der Waals surface area contributed by atoms with Crippen LogP contribution in [0.1, 0.15) is 0 Å². The lowest BCUT2D eigenvalue weighted by molar-refractivity contribution is 0.590. The van der Waals surface area contributed by atoms with Crippen molar-refractivity contribution in [3.05, 3.63) is 52.8 Å². The van der Waals surface area contributed by atoms with Gasteiger partial charge in [0, 0.05) is 12.1 Å². The fourth-order valence-corrected chi connectivity index (χ4v) is 2.21. The number of hydrogen-bond donors (Lipinski definition) is 1. The summed E-state index contributed by atoms with van der Waals surface area (Å²) in [7, 11) is 0. The molecule has 0 aliphatic rings. The second kappa shape index (κ2) is 4.42. The van der Waals surface area contributed by atoms with Gasteiger partial charge in [0.05, 0.1) is 16.2 Å². The molecule has 0 atom stereocenters. The summed E-state index contributed by atoms with van der Waals surface area (Å²) in [5.74, 6) is -2.58. The largest absolute Gasteiger partial charge is 0.369 e. The second-order valence-electron chi connectivity index (χ2n) is 4.13. The highest BCUT2D eigenvalue weighted by Crippen LogP contribution is 2.29. The first kappa shape index (κ1) is 12.8. The minimum absolute atomic E-state index is 0.0255. The summed E-state index contributed by atoms with van der Waals surface area (Å²) in [5.41, 5.74) is 5.54. The first-order valence-corrected chi connectivity index (χ1v) is 5.94. The molecule has 0 saturated heterocycles. The van der Waals surface area contributed by atoms with Gasteiger partial charge in [0.15, 0.2) is 11.6 Å². The summed E-state index contributed by atoms with van der Waals surface area (Å²) < 4.78 is 42.1. The Labute approximate surface area is 116 Å². The molecule has 0 aliphatic heterocycles. The molecule has 0 spiro atoms. The number of nitrogens with zero attached hydrogens (tertiary/aromatic N) is 2. The zero-order chi connectivity index (χ0) is 14.4. The molecule has 3 aromatic rings. The van der Waals surface area contributed by atoms with Crippen molar-refractivity contribution < 1.29 is 13.2 Å². The van der Waals surface area contributed by atoms with Crippen molar-refractivity contribution in [1.29, 1.82) is 0 Å². The fourth-order valence-electron chi connectivity index (χ4n) is 2.04. The highest BCUT2D eigenvalue weighted by atomic mass is 35.5. The van der Waals surface area contributed by atoms with Crippen LogP contribution in [0.5, 0.6) is 0 Å². The zero-order valence-corrected chi connectivity index (χ0v) is 10.6. The zero-order valence-electron chi connectivity index (χ0n) is 9.87. The number of aromatic nitrogens is 2. The Bertz CT molecular complexity index is 829. The molecule has 20 heavy (non-hydrogen) atoms. The summed E-state index contributed by atoms with van der Waals surface area (Å²) in [6.45, 7) is 0. The smallest absolute Gasteiger partial charge is 0.206 e. The van der Waals surface area contributed by atoms with E-state index < -0.39 is 17.5 Å². The Morgan fingerprint density at radius 2 is 1.90 bits per heavy atom. The summed E-state index contributed by atoms with van der Waals surface area (Å²) in [6, 6.07) is 5.97. The third-order valence-electron chi connectivity index (χ3n) is 2.88. The SMILES string of the molecule is Nc1nc2c(F)cc(F)cc2n1-c1cccc(Cl)c1F. The lowest BCUT2D eigenvalue weighted by Crippen LogP contribution is -2.03. The number of hydrogen-bond acceptors (Lipinski definition) is 2. The number of benzene rings is 2. The maximum absolute atomic E-state index is 14.1. The number of nitrogen functional groups attached to an aromatic ring is 1. The summed E-state index contributed by atoms with van der Waals surface area (Å²) in [4.78, 5) is 3.79. The predicted octanol–water partition coefficient (Wildman–Crippen LogP) is 3.68. The maximum atomic E-state index is 14.1. The van der Waals surface area contributed by atoms with E-state index in [0.29, 0.717) is 6.07 Å². The molecule has 1 heterocycles. The van der Waals surface area contributed by atoms with Crippen molar-refractivity contribution >= 4 is 28.6 Å². The molecule has 2 aromatic carbocycles. The van der Waals surface area contributed by atoms with Crippen LogP contribution in [0.3, 0.4) is 0 Å². The van der Waals surface area contributed by atoms with Gasteiger partial charge in [-0.3, -0.25) is 4.57 Å². The van der Waals surface area contributed by atoms with Crippen LogP contribution in [0.15, 0.2) is 30.3 Å². The van der Waals surface area contributed by atoms with Crippen LogP contribution in [0.2, 0.25) is 5.02 Å². The molecule has 7 heteroatoms. The van der Waals surface area contributed by atoms with Crippen molar-refractivity contribution in [2.24, 2.45) is 0 Å². The molecule has 0 unspecified atom stereocenters. The second-order valence-corrected chi connectivity index (χ2v) is 4.54. The Balaban J connectivity index is 2.42. The molecule has 1 aromatic heterocycles. The van der Waals surface area contributed by atoms with E-state index in [2.05, 4.69) is 4.98 Å². The van der Waals surface area contributed by atoms with Crippen LogP contribution in [0, 0.1) is 17.5 Å².